The van der Waals surface area contributed by atoms with Crippen LogP contribution in [-0.2, 0) is 6.42 Å². The lowest BCUT2D eigenvalue weighted by Crippen LogP contribution is -2.12. The summed E-state index contributed by atoms with van der Waals surface area (Å²) in [7, 11) is 0. The molecule has 6 nitrogen and oxygen atoms in total. The quantitative estimate of drug-likeness (QED) is 0.553. The van der Waals surface area contributed by atoms with Crippen LogP contribution in [0.25, 0.3) is 16.0 Å². The average Bonchev–Trinajstić information content (AvgIpc) is 3.05. The summed E-state index contributed by atoms with van der Waals surface area (Å²) < 4.78 is 1.72. The molecule has 0 atom stereocenters. The smallest absolute Gasteiger partial charge is 0.240 e. The molecule has 3 heterocycles. The number of hydrogen-bond donors (Lipinski definition) is 2. The maximum atomic E-state index is 5.40. The van der Waals surface area contributed by atoms with Crippen LogP contribution in [0, 0.1) is 0 Å². The first-order valence-electron chi connectivity index (χ1n) is 5.59. The molecule has 0 fully saturated rings. The summed E-state index contributed by atoms with van der Waals surface area (Å²) in [5, 5.41) is 5.21. The van der Waals surface area contributed by atoms with E-state index in [4.69, 9.17) is 5.84 Å². The van der Waals surface area contributed by atoms with Crippen molar-refractivity contribution in [2.45, 2.75) is 13.3 Å². The van der Waals surface area contributed by atoms with Crippen LogP contribution in [0.1, 0.15) is 11.8 Å². The Morgan fingerprint density at radius 1 is 1.44 bits per heavy atom. The molecule has 0 unspecified atom stereocenters. The number of nitrogen functional groups attached to an aromatic ring is 1. The second kappa shape index (κ2) is 4.35. The van der Waals surface area contributed by atoms with Gasteiger partial charge < -0.3 is 0 Å². The Hall–Kier alpha value is -1.99. The number of nitrogens with one attached hydrogen (secondary N) is 1. The van der Waals surface area contributed by atoms with Crippen molar-refractivity contribution < 1.29 is 0 Å². The highest BCUT2D eigenvalue weighted by Crippen LogP contribution is 2.29. The Labute approximate surface area is 107 Å². The van der Waals surface area contributed by atoms with Crippen LogP contribution in [0.2, 0.25) is 0 Å². The Morgan fingerprint density at radius 2 is 2.33 bits per heavy atom. The van der Waals surface area contributed by atoms with Gasteiger partial charge >= 0.3 is 0 Å². The fourth-order valence-electron chi connectivity index (χ4n) is 1.76. The number of fused-ring (bicyclic) bond motifs is 1. The third-order valence-corrected chi connectivity index (χ3v) is 3.80. The van der Waals surface area contributed by atoms with E-state index < -0.39 is 0 Å². The molecular weight excluding hydrogens is 248 g/mol. The summed E-state index contributed by atoms with van der Waals surface area (Å²) in [6.07, 6.45) is 4.55. The molecule has 3 aromatic rings. The van der Waals surface area contributed by atoms with Gasteiger partial charge in [0.2, 0.25) is 5.95 Å². The fourth-order valence-corrected chi connectivity index (χ4v) is 2.73. The molecule has 92 valence electrons. The molecule has 0 aliphatic rings. The molecule has 0 aromatic carbocycles. The van der Waals surface area contributed by atoms with E-state index in [1.54, 1.807) is 22.2 Å². The van der Waals surface area contributed by atoms with E-state index >= 15 is 0 Å². The van der Waals surface area contributed by atoms with Crippen LogP contribution in [0.3, 0.4) is 0 Å². The van der Waals surface area contributed by atoms with E-state index in [0.29, 0.717) is 5.95 Å². The maximum Gasteiger partial charge on any atom is 0.240 e. The van der Waals surface area contributed by atoms with Gasteiger partial charge in [-0.2, -0.15) is 10.1 Å². The molecule has 0 saturated heterocycles. The number of aryl methyl sites for hydroxylation is 1. The second-order valence-corrected chi connectivity index (χ2v) is 4.87. The van der Waals surface area contributed by atoms with Crippen molar-refractivity contribution in [3.05, 3.63) is 29.4 Å². The minimum Gasteiger partial charge on any atom is -0.292 e. The van der Waals surface area contributed by atoms with Gasteiger partial charge in [-0.05, 0) is 18.6 Å². The normalized spacial score (nSPS) is 11.0. The number of nitrogens with two attached hydrogens (primary N) is 1. The molecular formula is C11H12N6S. The van der Waals surface area contributed by atoms with Gasteiger partial charge in [-0.25, -0.2) is 15.5 Å². The molecule has 18 heavy (non-hydrogen) atoms. The zero-order valence-electron chi connectivity index (χ0n) is 9.79. The Kier molecular flexibility index (Phi) is 2.69. The molecule has 0 saturated carbocycles. The van der Waals surface area contributed by atoms with Crippen molar-refractivity contribution in [3.8, 4) is 5.82 Å². The summed E-state index contributed by atoms with van der Waals surface area (Å²) in [5.41, 5.74) is 2.49. The van der Waals surface area contributed by atoms with Gasteiger partial charge in [0.05, 0.1) is 5.39 Å². The summed E-state index contributed by atoms with van der Waals surface area (Å²) >= 11 is 1.65. The highest BCUT2D eigenvalue weighted by Gasteiger charge is 2.12. The highest BCUT2D eigenvalue weighted by atomic mass is 32.1. The first-order valence-corrected chi connectivity index (χ1v) is 6.40. The van der Waals surface area contributed by atoms with E-state index in [9.17, 15) is 0 Å². The third-order valence-electron chi connectivity index (χ3n) is 2.62. The molecule has 0 radical (unpaired) electrons. The molecule has 0 spiro atoms. The molecule has 3 aromatic heterocycles. The Balaban J connectivity index is 2.30. The summed E-state index contributed by atoms with van der Waals surface area (Å²) in [6, 6.07) is 3.97. The topological polar surface area (TPSA) is 81.7 Å². The molecule has 0 bridgehead atoms. The largest absolute Gasteiger partial charge is 0.292 e. The number of thiophene rings is 1. The number of aromatic nitrogens is 4. The zero-order chi connectivity index (χ0) is 12.5. The summed E-state index contributed by atoms with van der Waals surface area (Å²) in [6.45, 7) is 2.12. The Morgan fingerprint density at radius 3 is 3.00 bits per heavy atom. The maximum absolute atomic E-state index is 5.40. The lowest BCUT2D eigenvalue weighted by Gasteiger charge is -2.04. The van der Waals surface area contributed by atoms with Crippen LogP contribution in [0.15, 0.2) is 24.5 Å². The zero-order valence-corrected chi connectivity index (χ0v) is 10.6. The first-order chi connectivity index (χ1) is 8.81. The van der Waals surface area contributed by atoms with E-state index in [2.05, 4.69) is 33.5 Å². The molecule has 7 heteroatoms. The molecule has 3 rings (SSSR count). The van der Waals surface area contributed by atoms with Crippen molar-refractivity contribution >= 4 is 27.5 Å². The van der Waals surface area contributed by atoms with E-state index in [1.165, 1.54) is 4.88 Å². The summed E-state index contributed by atoms with van der Waals surface area (Å²) in [5.74, 6) is 6.55. The van der Waals surface area contributed by atoms with Crippen LogP contribution < -0.4 is 11.3 Å². The number of nitrogens with zero attached hydrogens (tertiary/aromatic N) is 4. The third kappa shape index (κ3) is 1.73. The lowest BCUT2D eigenvalue weighted by molar-refractivity contribution is 0.852. The SMILES string of the molecule is CCc1cc2c(-n3cccn3)nc(NN)nc2s1. The van der Waals surface area contributed by atoms with E-state index in [-0.39, 0.29) is 0 Å². The fraction of sp³-hybridized carbons (Fsp3) is 0.182. The molecule has 3 N–H and O–H groups in total. The number of rotatable bonds is 3. The van der Waals surface area contributed by atoms with Crippen molar-refractivity contribution in [1.82, 2.24) is 19.7 Å². The van der Waals surface area contributed by atoms with Gasteiger partial charge in [0.25, 0.3) is 0 Å². The van der Waals surface area contributed by atoms with E-state index in [0.717, 1.165) is 22.5 Å². The van der Waals surface area contributed by atoms with Gasteiger partial charge in [-0.1, -0.05) is 6.92 Å². The highest BCUT2D eigenvalue weighted by molar-refractivity contribution is 7.18. The molecule has 0 aliphatic carbocycles. The Bertz CT molecular complexity index is 672. The molecule has 0 aliphatic heterocycles. The van der Waals surface area contributed by atoms with Gasteiger partial charge in [-0.3, -0.25) is 5.43 Å². The van der Waals surface area contributed by atoms with Gasteiger partial charge in [-0.15, -0.1) is 11.3 Å². The minimum atomic E-state index is 0.400. The first kappa shape index (κ1) is 11.1. The number of anilines is 1. The standard InChI is InChI=1S/C11H12N6S/c1-2-7-6-8-9(17-5-3-4-13-17)14-11(16-12)15-10(8)18-7/h3-6H,2,12H2,1H3,(H,14,15,16). The monoisotopic (exact) mass is 260 g/mol. The van der Waals surface area contributed by atoms with Crippen LogP contribution >= 0.6 is 11.3 Å². The van der Waals surface area contributed by atoms with Gasteiger partial charge in [0, 0.05) is 17.3 Å². The van der Waals surface area contributed by atoms with Crippen molar-refractivity contribution in [2.75, 3.05) is 5.43 Å². The van der Waals surface area contributed by atoms with Crippen molar-refractivity contribution in [2.24, 2.45) is 5.84 Å². The van der Waals surface area contributed by atoms with Crippen LogP contribution in [-0.4, -0.2) is 19.7 Å². The van der Waals surface area contributed by atoms with Crippen LogP contribution in [0.5, 0.6) is 0 Å². The number of hydrogen-bond acceptors (Lipinski definition) is 6. The molecule has 0 amide bonds. The second-order valence-electron chi connectivity index (χ2n) is 3.75. The van der Waals surface area contributed by atoms with Crippen LogP contribution in [0.4, 0.5) is 5.95 Å². The van der Waals surface area contributed by atoms with Crippen molar-refractivity contribution in [3.63, 3.8) is 0 Å². The van der Waals surface area contributed by atoms with Gasteiger partial charge in [0.15, 0.2) is 5.82 Å². The van der Waals surface area contributed by atoms with Crippen molar-refractivity contribution in [1.29, 1.82) is 0 Å². The number of hydrazine groups is 1. The average molecular weight is 260 g/mol. The van der Waals surface area contributed by atoms with E-state index in [1.807, 2.05) is 12.3 Å². The predicted octanol–water partition coefficient (Wildman–Crippen LogP) is 1.72. The summed E-state index contributed by atoms with van der Waals surface area (Å²) in [4.78, 5) is 10.9. The van der Waals surface area contributed by atoms with Gasteiger partial charge in [0.1, 0.15) is 4.83 Å². The lowest BCUT2D eigenvalue weighted by atomic mass is 10.3. The predicted molar refractivity (Wildman–Crippen MR) is 71.7 cm³/mol. The minimum absolute atomic E-state index is 0.400.